The smallest absolute Gasteiger partial charge is 0.123 e. The minimum absolute atomic E-state index is 0.134. The van der Waals surface area contributed by atoms with Gasteiger partial charge in [-0.15, -0.1) is 0 Å². The summed E-state index contributed by atoms with van der Waals surface area (Å²) in [7, 11) is 0. The zero-order chi connectivity index (χ0) is 11.1. The van der Waals surface area contributed by atoms with Crippen LogP contribution in [0.15, 0.2) is 18.2 Å². The van der Waals surface area contributed by atoms with Gasteiger partial charge in [0.15, 0.2) is 0 Å². The SMILES string of the molecule is CC1CCc2ccc(F)cc2C1(N)CO. The molecule has 15 heavy (non-hydrogen) atoms. The van der Waals surface area contributed by atoms with Crippen LogP contribution in [0.1, 0.15) is 24.5 Å². The minimum atomic E-state index is -0.782. The summed E-state index contributed by atoms with van der Waals surface area (Å²) in [5, 5.41) is 9.41. The van der Waals surface area contributed by atoms with Crippen molar-refractivity contribution in [3.05, 3.63) is 35.1 Å². The molecule has 0 radical (unpaired) electrons. The number of halogens is 1. The van der Waals surface area contributed by atoms with Crippen molar-refractivity contribution in [1.82, 2.24) is 0 Å². The summed E-state index contributed by atoms with van der Waals surface area (Å²) in [6, 6.07) is 4.68. The first-order valence-electron chi connectivity index (χ1n) is 5.26. The Hall–Kier alpha value is -0.930. The van der Waals surface area contributed by atoms with Crippen molar-refractivity contribution in [2.45, 2.75) is 25.3 Å². The minimum Gasteiger partial charge on any atom is -0.394 e. The van der Waals surface area contributed by atoms with Crippen LogP contribution in [-0.2, 0) is 12.0 Å². The molecule has 2 nitrogen and oxygen atoms in total. The molecular formula is C12H16FNO. The van der Waals surface area contributed by atoms with E-state index in [9.17, 15) is 9.50 Å². The van der Waals surface area contributed by atoms with Gasteiger partial charge >= 0.3 is 0 Å². The number of nitrogens with two attached hydrogens (primary N) is 1. The molecule has 2 rings (SSSR count). The van der Waals surface area contributed by atoms with Gasteiger partial charge < -0.3 is 10.8 Å². The molecule has 0 spiro atoms. The first-order valence-corrected chi connectivity index (χ1v) is 5.26. The highest BCUT2D eigenvalue weighted by molar-refractivity contribution is 5.37. The Morgan fingerprint density at radius 2 is 2.33 bits per heavy atom. The fraction of sp³-hybridized carbons (Fsp3) is 0.500. The molecule has 0 heterocycles. The molecule has 0 amide bonds. The topological polar surface area (TPSA) is 46.2 Å². The van der Waals surface area contributed by atoms with E-state index in [1.807, 2.05) is 6.92 Å². The molecule has 3 N–H and O–H groups in total. The zero-order valence-corrected chi connectivity index (χ0v) is 8.83. The van der Waals surface area contributed by atoms with Crippen LogP contribution >= 0.6 is 0 Å². The number of rotatable bonds is 1. The molecule has 1 aliphatic rings. The Balaban J connectivity index is 2.56. The van der Waals surface area contributed by atoms with Gasteiger partial charge in [0.05, 0.1) is 12.1 Å². The van der Waals surface area contributed by atoms with Gasteiger partial charge in [-0.2, -0.15) is 0 Å². The van der Waals surface area contributed by atoms with E-state index >= 15 is 0 Å². The third-order valence-corrected chi connectivity index (χ3v) is 3.56. The van der Waals surface area contributed by atoms with Crippen LogP contribution in [0, 0.1) is 11.7 Å². The highest BCUT2D eigenvalue weighted by Crippen LogP contribution is 2.37. The Kier molecular flexibility index (Phi) is 2.52. The number of aryl methyl sites for hydroxylation is 1. The van der Waals surface area contributed by atoms with E-state index in [0.29, 0.717) is 0 Å². The molecule has 0 saturated carbocycles. The third-order valence-electron chi connectivity index (χ3n) is 3.56. The Morgan fingerprint density at radius 1 is 1.60 bits per heavy atom. The zero-order valence-electron chi connectivity index (χ0n) is 8.83. The van der Waals surface area contributed by atoms with Gasteiger partial charge in [-0.1, -0.05) is 13.0 Å². The van der Waals surface area contributed by atoms with Crippen LogP contribution in [-0.4, -0.2) is 11.7 Å². The first kappa shape index (κ1) is 10.6. The highest BCUT2D eigenvalue weighted by Gasteiger charge is 2.38. The van der Waals surface area contributed by atoms with Crippen LogP contribution in [0.25, 0.3) is 0 Å². The lowest BCUT2D eigenvalue weighted by atomic mass is 9.71. The lowest BCUT2D eigenvalue weighted by Crippen LogP contribution is -2.49. The van der Waals surface area contributed by atoms with E-state index in [1.165, 1.54) is 12.1 Å². The van der Waals surface area contributed by atoms with Crippen molar-refractivity contribution in [2.75, 3.05) is 6.61 Å². The van der Waals surface area contributed by atoms with Crippen molar-refractivity contribution in [1.29, 1.82) is 0 Å². The number of hydrogen-bond donors (Lipinski definition) is 2. The molecule has 0 bridgehead atoms. The number of benzene rings is 1. The van der Waals surface area contributed by atoms with Crippen LogP contribution in [0.4, 0.5) is 4.39 Å². The highest BCUT2D eigenvalue weighted by atomic mass is 19.1. The predicted molar refractivity (Wildman–Crippen MR) is 56.8 cm³/mol. The van der Waals surface area contributed by atoms with Crippen molar-refractivity contribution >= 4 is 0 Å². The van der Waals surface area contributed by atoms with Gasteiger partial charge in [0, 0.05) is 0 Å². The van der Waals surface area contributed by atoms with Crippen LogP contribution < -0.4 is 5.73 Å². The molecule has 82 valence electrons. The molecular weight excluding hydrogens is 193 g/mol. The van der Waals surface area contributed by atoms with Crippen molar-refractivity contribution in [3.8, 4) is 0 Å². The molecule has 0 aromatic heterocycles. The van der Waals surface area contributed by atoms with E-state index in [4.69, 9.17) is 5.73 Å². The van der Waals surface area contributed by atoms with E-state index in [-0.39, 0.29) is 18.3 Å². The number of fused-ring (bicyclic) bond motifs is 1. The van der Waals surface area contributed by atoms with Crippen LogP contribution in [0.5, 0.6) is 0 Å². The average molecular weight is 209 g/mol. The van der Waals surface area contributed by atoms with E-state index in [1.54, 1.807) is 6.07 Å². The third kappa shape index (κ3) is 1.56. The van der Waals surface area contributed by atoms with Gasteiger partial charge in [0.1, 0.15) is 5.82 Å². The lowest BCUT2D eigenvalue weighted by Gasteiger charge is -2.39. The number of aliphatic hydroxyl groups is 1. The Bertz CT molecular complexity index is 380. The summed E-state index contributed by atoms with van der Waals surface area (Å²) >= 11 is 0. The lowest BCUT2D eigenvalue weighted by molar-refractivity contribution is 0.133. The molecule has 1 aliphatic carbocycles. The molecule has 2 atom stereocenters. The predicted octanol–water partition coefficient (Wildman–Crippen LogP) is 1.55. The van der Waals surface area contributed by atoms with Crippen molar-refractivity contribution < 1.29 is 9.50 Å². The van der Waals surface area contributed by atoms with Crippen molar-refractivity contribution in [3.63, 3.8) is 0 Å². The van der Waals surface area contributed by atoms with Gasteiger partial charge in [-0.3, -0.25) is 0 Å². The standard InChI is InChI=1S/C12H16FNO/c1-8-2-3-9-4-5-10(13)6-11(9)12(8,14)7-15/h4-6,8,15H,2-3,7,14H2,1H3. The molecule has 1 aromatic carbocycles. The van der Waals surface area contributed by atoms with Gasteiger partial charge in [0.2, 0.25) is 0 Å². The second-order valence-corrected chi connectivity index (χ2v) is 4.44. The second kappa shape index (κ2) is 3.58. The quantitative estimate of drug-likeness (QED) is 0.737. The molecule has 0 fully saturated rings. The summed E-state index contributed by atoms with van der Waals surface area (Å²) < 4.78 is 13.2. The fourth-order valence-corrected chi connectivity index (χ4v) is 2.34. The fourth-order valence-electron chi connectivity index (χ4n) is 2.34. The maximum absolute atomic E-state index is 13.2. The monoisotopic (exact) mass is 209 g/mol. The van der Waals surface area contributed by atoms with E-state index < -0.39 is 5.54 Å². The maximum Gasteiger partial charge on any atom is 0.123 e. The summed E-state index contributed by atoms with van der Waals surface area (Å²) in [4.78, 5) is 0. The van der Waals surface area contributed by atoms with Crippen molar-refractivity contribution in [2.24, 2.45) is 11.7 Å². The molecule has 2 unspecified atom stereocenters. The summed E-state index contributed by atoms with van der Waals surface area (Å²) in [5.41, 5.74) is 7.21. The largest absolute Gasteiger partial charge is 0.394 e. The normalized spacial score (nSPS) is 30.0. The Morgan fingerprint density at radius 3 is 3.00 bits per heavy atom. The van der Waals surface area contributed by atoms with Gasteiger partial charge in [-0.05, 0) is 42.0 Å². The van der Waals surface area contributed by atoms with E-state index in [0.717, 1.165) is 24.0 Å². The van der Waals surface area contributed by atoms with Gasteiger partial charge in [-0.25, -0.2) is 4.39 Å². The summed E-state index contributed by atoms with van der Waals surface area (Å²) in [6.45, 7) is 1.87. The molecule has 0 saturated heterocycles. The second-order valence-electron chi connectivity index (χ2n) is 4.44. The van der Waals surface area contributed by atoms with Crippen LogP contribution in [0.2, 0.25) is 0 Å². The number of aliphatic hydroxyl groups excluding tert-OH is 1. The van der Waals surface area contributed by atoms with E-state index in [2.05, 4.69) is 0 Å². The average Bonchev–Trinajstić information content (AvgIpc) is 2.24. The van der Waals surface area contributed by atoms with Gasteiger partial charge in [0.25, 0.3) is 0 Å². The molecule has 3 heteroatoms. The van der Waals surface area contributed by atoms with Crippen LogP contribution in [0.3, 0.4) is 0 Å². The molecule has 0 aliphatic heterocycles. The summed E-state index contributed by atoms with van der Waals surface area (Å²) in [5.74, 6) is -0.108. The summed E-state index contributed by atoms with van der Waals surface area (Å²) in [6.07, 6.45) is 1.85. The number of hydrogen-bond acceptors (Lipinski definition) is 2. The first-order chi connectivity index (χ1) is 7.08. The molecule has 1 aromatic rings. The maximum atomic E-state index is 13.2. The Labute approximate surface area is 88.9 Å².